The van der Waals surface area contributed by atoms with Gasteiger partial charge in [0.1, 0.15) is 0 Å². The molecular formula is C25H34N2O5S. The van der Waals surface area contributed by atoms with Gasteiger partial charge in [0.05, 0.1) is 10.3 Å². The molecule has 1 N–H and O–H groups in total. The van der Waals surface area contributed by atoms with Crippen molar-refractivity contribution in [2.75, 3.05) is 18.4 Å². The molecule has 1 unspecified atom stereocenters. The molecule has 5 aliphatic rings. The van der Waals surface area contributed by atoms with Crippen LogP contribution in [0.25, 0.3) is 0 Å². The van der Waals surface area contributed by atoms with Crippen LogP contribution in [0.15, 0.2) is 29.2 Å². The van der Waals surface area contributed by atoms with E-state index in [2.05, 4.69) is 5.32 Å². The topological polar surface area (TPSA) is 92.8 Å². The third kappa shape index (κ3) is 4.44. The minimum Gasteiger partial charge on any atom is -0.452 e. The molecule has 7 nitrogen and oxygen atoms in total. The summed E-state index contributed by atoms with van der Waals surface area (Å²) >= 11 is 0. The van der Waals surface area contributed by atoms with Gasteiger partial charge in [-0.2, -0.15) is 4.31 Å². The molecule has 1 aromatic carbocycles. The van der Waals surface area contributed by atoms with E-state index >= 15 is 0 Å². The first-order valence-corrected chi connectivity index (χ1v) is 13.8. The minimum atomic E-state index is -3.51. The van der Waals surface area contributed by atoms with Crippen LogP contribution in [0.4, 0.5) is 5.69 Å². The average Bonchev–Trinajstić information content (AvgIpc) is 2.79. The molecule has 4 aliphatic carbocycles. The third-order valence-corrected chi connectivity index (χ3v) is 10.1. The van der Waals surface area contributed by atoms with Gasteiger partial charge in [0.25, 0.3) is 5.91 Å². The van der Waals surface area contributed by atoms with Gasteiger partial charge in [-0.25, -0.2) is 8.42 Å². The minimum absolute atomic E-state index is 0.216. The van der Waals surface area contributed by atoms with Crippen LogP contribution in [0.1, 0.15) is 64.7 Å². The van der Waals surface area contributed by atoms with Gasteiger partial charge in [-0.3, -0.25) is 9.59 Å². The number of ether oxygens (including phenoxy) is 1. The van der Waals surface area contributed by atoms with Crippen LogP contribution in [0, 0.1) is 23.2 Å². The van der Waals surface area contributed by atoms with Crippen molar-refractivity contribution in [3.63, 3.8) is 0 Å². The number of nitrogens with one attached hydrogen (secondary N) is 1. The Morgan fingerprint density at radius 1 is 0.970 bits per heavy atom. The molecular weight excluding hydrogens is 440 g/mol. The quantitative estimate of drug-likeness (QED) is 0.630. The Bertz CT molecular complexity index is 978. The van der Waals surface area contributed by atoms with Crippen molar-refractivity contribution in [3.8, 4) is 0 Å². The fourth-order valence-electron chi connectivity index (χ4n) is 6.91. The number of rotatable bonds is 6. The van der Waals surface area contributed by atoms with Gasteiger partial charge < -0.3 is 10.1 Å². The summed E-state index contributed by atoms with van der Waals surface area (Å²) in [5.41, 5.74) is 0.0867. The fraction of sp³-hybridized carbons (Fsp3) is 0.680. The molecule has 1 heterocycles. The number of sulfonamides is 1. The molecule has 180 valence electrons. The number of anilines is 1. The lowest BCUT2D eigenvalue weighted by molar-refractivity contribution is -0.177. The highest BCUT2D eigenvalue weighted by atomic mass is 32.2. The van der Waals surface area contributed by atoms with Gasteiger partial charge >= 0.3 is 5.97 Å². The first-order valence-electron chi connectivity index (χ1n) is 12.4. The molecule has 1 aliphatic heterocycles. The Morgan fingerprint density at radius 3 is 2.06 bits per heavy atom. The highest BCUT2D eigenvalue weighted by Crippen LogP contribution is 2.60. The standard InChI is InChI=1S/C25H34N2O5S/c1-17(32-24(29)25-14-18-11-19(15-25)13-20(12-18)16-25)23(28)26-21-5-7-22(8-6-21)33(30,31)27-9-3-2-4-10-27/h5-8,17-20H,2-4,9-16H2,1H3,(H,26,28). The summed E-state index contributed by atoms with van der Waals surface area (Å²) in [7, 11) is -3.51. The van der Waals surface area contributed by atoms with Crippen molar-refractivity contribution >= 4 is 27.6 Å². The summed E-state index contributed by atoms with van der Waals surface area (Å²) in [6, 6.07) is 6.21. The second-order valence-corrected chi connectivity index (χ2v) is 12.7. The number of nitrogens with zero attached hydrogens (tertiary/aromatic N) is 1. The number of esters is 1. The first-order chi connectivity index (χ1) is 15.7. The normalized spacial score (nSPS) is 32.3. The summed E-state index contributed by atoms with van der Waals surface area (Å²) in [4.78, 5) is 26.0. The van der Waals surface area contributed by atoms with E-state index in [0.29, 0.717) is 36.5 Å². The van der Waals surface area contributed by atoms with E-state index in [1.54, 1.807) is 19.1 Å². The van der Waals surface area contributed by atoms with Gasteiger partial charge in [-0.05, 0) is 100 Å². The highest BCUT2D eigenvalue weighted by molar-refractivity contribution is 7.89. The second kappa shape index (κ2) is 8.69. The number of carbonyl (C=O) groups excluding carboxylic acids is 2. The molecule has 0 aromatic heterocycles. The van der Waals surface area contributed by atoms with Crippen LogP contribution in [0.5, 0.6) is 0 Å². The van der Waals surface area contributed by atoms with Crippen molar-refractivity contribution in [1.82, 2.24) is 4.31 Å². The maximum absolute atomic E-state index is 13.1. The molecule has 5 fully saturated rings. The zero-order valence-electron chi connectivity index (χ0n) is 19.3. The molecule has 33 heavy (non-hydrogen) atoms. The van der Waals surface area contributed by atoms with Gasteiger partial charge in [-0.1, -0.05) is 6.42 Å². The van der Waals surface area contributed by atoms with Crippen molar-refractivity contribution < 1.29 is 22.7 Å². The van der Waals surface area contributed by atoms with Crippen LogP contribution >= 0.6 is 0 Å². The molecule has 8 heteroatoms. The van der Waals surface area contributed by atoms with Crippen LogP contribution in [-0.4, -0.2) is 43.8 Å². The maximum atomic E-state index is 13.1. The average molecular weight is 475 g/mol. The van der Waals surface area contributed by atoms with Crippen molar-refractivity contribution in [3.05, 3.63) is 24.3 Å². The molecule has 1 aromatic rings. The third-order valence-electron chi connectivity index (χ3n) is 8.20. The van der Waals surface area contributed by atoms with Gasteiger partial charge in [0.15, 0.2) is 6.10 Å². The van der Waals surface area contributed by atoms with E-state index in [1.165, 1.54) is 35.7 Å². The van der Waals surface area contributed by atoms with Crippen molar-refractivity contribution in [1.29, 1.82) is 0 Å². The molecule has 4 saturated carbocycles. The molecule has 4 bridgehead atoms. The zero-order valence-corrected chi connectivity index (χ0v) is 20.1. The molecule has 1 atom stereocenters. The van der Waals surface area contributed by atoms with E-state index < -0.39 is 27.4 Å². The second-order valence-electron chi connectivity index (χ2n) is 10.7. The maximum Gasteiger partial charge on any atom is 0.312 e. The van der Waals surface area contributed by atoms with Crippen LogP contribution in [-0.2, 0) is 24.3 Å². The largest absolute Gasteiger partial charge is 0.452 e. The Kier molecular flexibility index (Phi) is 6.02. The summed E-state index contributed by atoms with van der Waals surface area (Å²) < 4.78 is 32.8. The first kappa shape index (κ1) is 22.8. The number of hydrogen-bond donors (Lipinski definition) is 1. The monoisotopic (exact) mass is 474 g/mol. The fourth-order valence-corrected chi connectivity index (χ4v) is 8.43. The Labute approximate surface area is 196 Å². The predicted octanol–water partition coefficient (Wildman–Crippen LogP) is 3.95. The van der Waals surface area contributed by atoms with Crippen LogP contribution in [0.2, 0.25) is 0 Å². The number of piperidine rings is 1. The Balaban J connectivity index is 1.19. The van der Waals surface area contributed by atoms with Crippen LogP contribution < -0.4 is 5.32 Å². The SMILES string of the molecule is CC(OC(=O)C12CC3CC(CC(C3)C1)C2)C(=O)Nc1ccc(S(=O)(=O)N2CCCCC2)cc1. The molecule has 6 rings (SSSR count). The molecule has 0 spiro atoms. The Hall–Kier alpha value is -1.93. The van der Waals surface area contributed by atoms with Crippen molar-refractivity contribution in [2.24, 2.45) is 23.2 Å². The lowest BCUT2D eigenvalue weighted by atomic mass is 9.49. The van der Waals surface area contributed by atoms with Gasteiger partial charge in [0.2, 0.25) is 10.0 Å². The highest BCUT2D eigenvalue weighted by Gasteiger charge is 2.55. The number of amides is 1. The molecule has 1 saturated heterocycles. The van der Waals surface area contributed by atoms with E-state index in [-0.39, 0.29) is 10.9 Å². The van der Waals surface area contributed by atoms with E-state index in [0.717, 1.165) is 38.5 Å². The van der Waals surface area contributed by atoms with Crippen molar-refractivity contribution in [2.45, 2.75) is 75.7 Å². The summed E-state index contributed by atoms with van der Waals surface area (Å²) in [6.45, 7) is 2.70. The lowest BCUT2D eigenvalue weighted by Gasteiger charge is -2.55. The lowest BCUT2D eigenvalue weighted by Crippen LogP contribution is -2.51. The van der Waals surface area contributed by atoms with Gasteiger partial charge in [-0.15, -0.1) is 0 Å². The number of carbonyl (C=O) groups is 2. The van der Waals surface area contributed by atoms with E-state index in [4.69, 9.17) is 4.74 Å². The van der Waals surface area contributed by atoms with E-state index in [1.807, 2.05) is 0 Å². The summed E-state index contributed by atoms with van der Waals surface area (Å²) in [5.74, 6) is 1.28. The summed E-state index contributed by atoms with van der Waals surface area (Å²) in [6.07, 6.45) is 8.35. The smallest absolute Gasteiger partial charge is 0.312 e. The number of hydrogen-bond acceptors (Lipinski definition) is 5. The zero-order chi connectivity index (χ0) is 23.2. The Morgan fingerprint density at radius 2 is 1.52 bits per heavy atom. The summed E-state index contributed by atoms with van der Waals surface area (Å²) in [5, 5.41) is 2.75. The van der Waals surface area contributed by atoms with Crippen LogP contribution in [0.3, 0.4) is 0 Å². The predicted molar refractivity (Wildman–Crippen MR) is 124 cm³/mol. The number of benzene rings is 1. The van der Waals surface area contributed by atoms with E-state index in [9.17, 15) is 18.0 Å². The molecule has 0 radical (unpaired) electrons. The molecule has 1 amide bonds. The van der Waals surface area contributed by atoms with Gasteiger partial charge in [0, 0.05) is 18.8 Å².